The van der Waals surface area contributed by atoms with Gasteiger partial charge in [-0.25, -0.2) is 9.48 Å². The van der Waals surface area contributed by atoms with E-state index in [0.717, 1.165) is 47.1 Å². The molecule has 1 aromatic heterocycles. The lowest BCUT2D eigenvalue weighted by molar-refractivity contribution is -0.114. The van der Waals surface area contributed by atoms with Crippen LogP contribution < -0.4 is 10.6 Å². The molecule has 0 atom stereocenters. The van der Waals surface area contributed by atoms with E-state index < -0.39 is 47.5 Å². The van der Waals surface area contributed by atoms with Crippen LogP contribution in [-0.2, 0) is 29.8 Å². The summed E-state index contributed by atoms with van der Waals surface area (Å²) in [5.74, 6) is -1.67. The summed E-state index contributed by atoms with van der Waals surface area (Å²) in [6.45, 7) is 0. The summed E-state index contributed by atoms with van der Waals surface area (Å²) in [5.41, 5.74) is -0.643. The van der Waals surface area contributed by atoms with Gasteiger partial charge in [0.2, 0.25) is 0 Å². The number of benzene rings is 3. The molecule has 0 spiro atoms. The third kappa shape index (κ3) is 5.67. The summed E-state index contributed by atoms with van der Waals surface area (Å²) < 4.78 is 70.1. The van der Waals surface area contributed by atoms with Gasteiger partial charge in [-0.05, 0) is 54.6 Å². The SMILES string of the molecule is COC(=O)c1[nH]n(-c2ccc(S(=O)(=O)O)cc2)c(=O)c1C=C1C(=O)N(c2ccc(S(=O)(=O)O)cc2)N=C1c1ccccc1. The topological polar surface area (TPSA) is 206 Å². The largest absolute Gasteiger partial charge is 0.464 e. The number of hydrazone groups is 1. The Balaban J connectivity index is 1.66. The van der Waals surface area contributed by atoms with E-state index in [1.54, 1.807) is 30.3 Å². The van der Waals surface area contributed by atoms with Crippen molar-refractivity contribution in [2.24, 2.45) is 5.10 Å². The Hall–Kier alpha value is -5.16. The van der Waals surface area contributed by atoms with Gasteiger partial charge in [-0.1, -0.05) is 30.3 Å². The van der Waals surface area contributed by atoms with Crippen molar-refractivity contribution in [3.63, 3.8) is 0 Å². The molecule has 4 aromatic rings. The minimum atomic E-state index is -4.50. The van der Waals surface area contributed by atoms with Gasteiger partial charge in [-0.3, -0.25) is 23.8 Å². The number of aromatic nitrogens is 2. The van der Waals surface area contributed by atoms with Gasteiger partial charge in [0.15, 0.2) is 5.69 Å². The summed E-state index contributed by atoms with van der Waals surface area (Å²) in [6, 6.07) is 17.7. The van der Waals surface area contributed by atoms with Gasteiger partial charge in [0.05, 0.1) is 39.4 Å². The van der Waals surface area contributed by atoms with E-state index in [1.165, 1.54) is 24.3 Å². The average Bonchev–Trinajstić information content (AvgIpc) is 3.49. The Morgan fingerprint density at radius 1 is 0.837 bits per heavy atom. The van der Waals surface area contributed by atoms with E-state index in [1.807, 2.05) is 0 Å². The Kier molecular flexibility index (Phi) is 7.45. The fourth-order valence-electron chi connectivity index (χ4n) is 4.22. The molecule has 0 radical (unpaired) electrons. The quantitative estimate of drug-likeness (QED) is 0.155. The van der Waals surface area contributed by atoms with Gasteiger partial charge in [-0.2, -0.15) is 26.9 Å². The molecule has 0 saturated heterocycles. The second kappa shape index (κ2) is 10.9. The van der Waals surface area contributed by atoms with Crippen molar-refractivity contribution in [1.82, 2.24) is 9.78 Å². The van der Waals surface area contributed by atoms with E-state index in [-0.39, 0.29) is 33.9 Å². The molecule has 3 N–H and O–H groups in total. The minimum absolute atomic E-state index is 0.0971. The Morgan fingerprint density at radius 2 is 1.37 bits per heavy atom. The molecule has 1 amide bonds. The molecule has 0 unspecified atom stereocenters. The lowest BCUT2D eigenvalue weighted by atomic mass is 10.0. The Bertz CT molecular complexity index is 2100. The number of anilines is 1. The van der Waals surface area contributed by atoms with Crippen LogP contribution >= 0.6 is 0 Å². The molecular weight excluding hydrogens is 604 g/mol. The molecule has 14 nitrogen and oxygen atoms in total. The second-order valence-corrected chi connectivity index (χ2v) is 11.8. The van der Waals surface area contributed by atoms with Gasteiger partial charge in [-0.15, -0.1) is 0 Å². The molecule has 0 aliphatic carbocycles. The lowest BCUT2D eigenvalue weighted by Crippen LogP contribution is -2.22. The lowest BCUT2D eigenvalue weighted by Gasteiger charge is -2.11. The highest BCUT2D eigenvalue weighted by atomic mass is 32.2. The van der Waals surface area contributed by atoms with E-state index in [2.05, 4.69) is 10.2 Å². The molecule has 0 saturated carbocycles. The number of hydrogen-bond acceptors (Lipinski definition) is 9. The summed E-state index contributed by atoms with van der Waals surface area (Å²) in [6.07, 6.45) is 1.16. The van der Waals surface area contributed by atoms with Crippen molar-refractivity contribution in [3.05, 3.63) is 112 Å². The predicted molar refractivity (Wildman–Crippen MR) is 152 cm³/mol. The van der Waals surface area contributed by atoms with E-state index in [9.17, 15) is 40.3 Å². The molecule has 0 bridgehead atoms. The summed E-state index contributed by atoms with van der Waals surface area (Å²) >= 11 is 0. The number of H-pyrrole nitrogens is 1. The van der Waals surface area contributed by atoms with Gasteiger partial charge < -0.3 is 4.74 Å². The zero-order chi connectivity index (χ0) is 31.1. The van der Waals surface area contributed by atoms with Gasteiger partial charge in [0.25, 0.3) is 31.7 Å². The number of aromatic amines is 1. The first kappa shape index (κ1) is 29.3. The standard InChI is InChI=1S/C27H20N4O10S2/c1-41-27(34)24-22(26(33)31(29-24)18-9-13-20(14-10-18)43(38,39)40)15-21-23(16-5-3-2-4-6-16)28-30(25(21)32)17-7-11-19(12-8-17)42(35,36)37/h2-15,29H,1H3,(H,35,36,37)(H,38,39,40). The van der Waals surface area contributed by atoms with Crippen molar-refractivity contribution in [2.75, 3.05) is 12.1 Å². The van der Waals surface area contributed by atoms with Gasteiger partial charge >= 0.3 is 5.97 Å². The van der Waals surface area contributed by atoms with Crippen LogP contribution in [0.2, 0.25) is 0 Å². The summed E-state index contributed by atoms with van der Waals surface area (Å²) in [5, 5.41) is 7.99. The van der Waals surface area contributed by atoms with Crippen LogP contribution in [0, 0.1) is 0 Å². The number of methoxy groups -OCH3 is 1. The molecule has 16 heteroatoms. The van der Waals surface area contributed by atoms with Crippen molar-refractivity contribution in [3.8, 4) is 5.69 Å². The van der Waals surface area contributed by atoms with Crippen molar-refractivity contribution in [1.29, 1.82) is 0 Å². The van der Waals surface area contributed by atoms with E-state index >= 15 is 0 Å². The average molecular weight is 625 g/mol. The van der Waals surface area contributed by atoms with Crippen molar-refractivity contribution in [2.45, 2.75) is 9.79 Å². The number of ether oxygens (including phenoxy) is 1. The van der Waals surface area contributed by atoms with Crippen LogP contribution in [0.4, 0.5) is 5.69 Å². The van der Waals surface area contributed by atoms with Crippen molar-refractivity contribution < 1.29 is 40.3 Å². The molecule has 0 fully saturated rings. The number of esters is 1. The zero-order valence-electron chi connectivity index (χ0n) is 21.9. The first-order valence-corrected chi connectivity index (χ1v) is 15.0. The highest BCUT2D eigenvalue weighted by Crippen LogP contribution is 2.29. The monoisotopic (exact) mass is 624 g/mol. The van der Waals surface area contributed by atoms with Crippen LogP contribution in [0.5, 0.6) is 0 Å². The molecule has 43 heavy (non-hydrogen) atoms. The maximum absolute atomic E-state index is 13.7. The molecule has 3 aromatic carbocycles. The van der Waals surface area contributed by atoms with Crippen LogP contribution in [0.3, 0.4) is 0 Å². The summed E-state index contributed by atoms with van der Waals surface area (Å²) in [4.78, 5) is 39.1. The van der Waals surface area contributed by atoms with Crippen LogP contribution in [-0.4, -0.2) is 60.4 Å². The predicted octanol–water partition coefficient (Wildman–Crippen LogP) is 2.28. The normalized spacial score (nSPS) is 14.7. The number of nitrogens with zero attached hydrogens (tertiary/aromatic N) is 3. The first-order chi connectivity index (χ1) is 20.3. The smallest absolute Gasteiger partial charge is 0.356 e. The fourth-order valence-corrected chi connectivity index (χ4v) is 5.18. The third-order valence-corrected chi connectivity index (χ3v) is 8.04. The van der Waals surface area contributed by atoms with E-state index in [0.29, 0.717) is 5.56 Å². The highest BCUT2D eigenvalue weighted by Gasteiger charge is 2.34. The first-order valence-electron chi connectivity index (χ1n) is 12.1. The van der Waals surface area contributed by atoms with Crippen molar-refractivity contribution >= 4 is 49.6 Å². The number of amides is 1. The van der Waals surface area contributed by atoms with Crippen LogP contribution in [0.1, 0.15) is 21.6 Å². The number of carbonyl (C=O) groups is 2. The number of carbonyl (C=O) groups excluding carboxylic acids is 2. The summed E-state index contributed by atoms with van der Waals surface area (Å²) in [7, 11) is -7.90. The maximum Gasteiger partial charge on any atom is 0.356 e. The second-order valence-electron chi connectivity index (χ2n) is 8.96. The van der Waals surface area contributed by atoms with Crippen LogP contribution in [0.15, 0.2) is 104 Å². The van der Waals surface area contributed by atoms with E-state index in [4.69, 9.17) is 4.74 Å². The number of rotatable bonds is 7. The molecule has 5 rings (SSSR count). The molecule has 2 heterocycles. The molecular formula is C27H20N4O10S2. The van der Waals surface area contributed by atoms with Gasteiger partial charge in [0.1, 0.15) is 5.71 Å². The van der Waals surface area contributed by atoms with Crippen LogP contribution in [0.25, 0.3) is 11.8 Å². The maximum atomic E-state index is 13.7. The Labute approximate surface area is 243 Å². The zero-order valence-corrected chi connectivity index (χ0v) is 23.5. The minimum Gasteiger partial charge on any atom is -0.464 e. The number of hydrogen-bond donors (Lipinski definition) is 3. The molecule has 220 valence electrons. The molecule has 1 aliphatic heterocycles. The highest BCUT2D eigenvalue weighted by molar-refractivity contribution is 7.86. The number of nitrogens with one attached hydrogen (secondary N) is 1. The Morgan fingerprint density at radius 3 is 1.88 bits per heavy atom. The fraction of sp³-hybridized carbons (Fsp3) is 0.0370. The third-order valence-electron chi connectivity index (χ3n) is 6.30. The molecule has 1 aliphatic rings. The van der Waals surface area contributed by atoms with Gasteiger partial charge in [0, 0.05) is 5.56 Å².